The predicted molar refractivity (Wildman–Crippen MR) is 234 cm³/mol. The number of hydrogen-bond acceptors (Lipinski definition) is 10. The number of carbonyl (C=O) groups excluding carboxylic acids is 6. The van der Waals surface area contributed by atoms with Gasteiger partial charge in [-0.05, 0) is 110 Å². The lowest BCUT2D eigenvalue weighted by molar-refractivity contribution is -0.141. The standard InChI is InChI=1S/C46H51ClN6O9/c1-26(8-21-40(56)62-4)49-44(59)37-24-28-9-19-38(54)34(23-28)35-25-32(16-20-39(35)55)41(45(60)50-27(2)42(57)52-37)53(3)46(61)36(7-5-6-22-48)51-43(58)31-12-10-29(11-13-31)30-14-17-33(47)18-15-30/h8-21,23,25-27,36-37,41,54-55H,5-7,22,24,48H2,1-4H3,(H,49,59)(H,50,60)(H,51,58)(H,52,57)/b21-8+/t26-,27-,36-,37-,41-/m0/s1. The Labute approximate surface area is 364 Å². The van der Waals surface area contributed by atoms with Crippen LogP contribution < -0.4 is 27.0 Å². The highest BCUT2D eigenvalue weighted by Gasteiger charge is 2.36. The van der Waals surface area contributed by atoms with Gasteiger partial charge in [-0.15, -0.1) is 0 Å². The predicted octanol–water partition coefficient (Wildman–Crippen LogP) is 4.29. The van der Waals surface area contributed by atoms with E-state index in [1.807, 2.05) is 12.1 Å². The Bertz CT molecular complexity index is 2320. The molecule has 16 heteroatoms. The van der Waals surface area contributed by atoms with Crippen molar-refractivity contribution in [2.45, 2.75) is 69.7 Å². The van der Waals surface area contributed by atoms with Crippen LogP contribution in [0.25, 0.3) is 22.3 Å². The second kappa shape index (κ2) is 21.2. The summed E-state index contributed by atoms with van der Waals surface area (Å²) in [4.78, 5) is 82.8. The third-order valence-corrected chi connectivity index (χ3v) is 10.7. The lowest BCUT2D eigenvalue weighted by atomic mass is 9.93. The lowest BCUT2D eigenvalue weighted by Gasteiger charge is -2.32. The van der Waals surface area contributed by atoms with Crippen LogP contribution in [0.1, 0.15) is 60.6 Å². The number of esters is 1. The Morgan fingerprint density at radius 3 is 2.16 bits per heavy atom. The zero-order valence-electron chi connectivity index (χ0n) is 34.8. The Morgan fingerprint density at radius 2 is 1.52 bits per heavy atom. The third kappa shape index (κ3) is 11.8. The van der Waals surface area contributed by atoms with Gasteiger partial charge >= 0.3 is 5.97 Å². The van der Waals surface area contributed by atoms with E-state index in [-0.39, 0.29) is 41.0 Å². The van der Waals surface area contributed by atoms with Gasteiger partial charge in [-0.1, -0.05) is 54.1 Å². The number of carbonyl (C=O) groups is 6. The van der Waals surface area contributed by atoms with E-state index < -0.39 is 65.7 Å². The first-order valence-electron chi connectivity index (χ1n) is 20.1. The van der Waals surface area contributed by atoms with Crippen molar-refractivity contribution < 1.29 is 43.7 Å². The van der Waals surface area contributed by atoms with Crippen LogP contribution in [0.5, 0.6) is 11.5 Å². The van der Waals surface area contributed by atoms with E-state index >= 15 is 0 Å². The number of nitrogens with one attached hydrogen (secondary N) is 4. The molecule has 0 saturated heterocycles. The number of aromatic hydroxyl groups is 2. The number of unbranched alkanes of at least 4 members (excludes halogenated alkanes) is 1. The minimum atomic E-state index is -1.43. The highest BCUT2D eigenvalue weighted by atomic mass is 35.5. The quantitative estimate of drug-likeness (QED) is 0.0573. The second-order valence-electron chi connectivity index (χ2n) is 15.0. The molecule has 0 saturated carbocycles. The van der Waals surface area contributed by atoms with E-state index in [4.69, 9.17) is 17.3 Å². The highest BCUT2D eigenvalue weighted by molar-refractivity contribution is 6.30. The molecular formula is C46H51ClN6O9. The molecule has 0 unspecified atom stereocenters. The molecule has 5 rings (SSSR count). The summed E-state index contributed by atoms with van der Waals surface area (Å²) in [6.45, 7) is 3.38. The molecule has 4 aromatic carbocycles. The summed E-state index contributed by atoms with van der Waals surface area (Å²) in [5, 5.41) is 33.7. The van der Waals surface area contributed by atoms with Crippen LogP contribution in [0.2, 0.25) is 5.02 Å². The largest absolute Gasteiger partial charge is 0.507 e. The van der Waals surface area contributed by atoms with E-state index in [0.717, 1.165) is 22.1 Å². The summed E-state index contributed by atoms with van der Waals surface area (Å²) in [5.41, 5.74) is 8.80. The number of halogens is 1. The van der Waals surface area contributed by atoms with Gasteiger partial charge in [0.2, 0.25) is 23.6 Å². The molecule has 4 bridgehead atoms. The van der Waals surface area contributed by atoms with Crippen molar-refractivity contribution in [1.29, 1.82) is 0 Å². The second-order valence-corrected chi connectivity index (χ2v) is 15.5. The van der Waals surface area contributed by atoms with E-state index in [0.29, 0.717) is 35.5 Å². The van der Waals surface area contributed by atoms with Crippen LogP contribution in [-0.4, -0.2) is 95.5 Å². The van der Waals surface area contributed by atoms with Gasteiger partial charge in [0, 0.05) is 47.3 Å². The van der Waals surface area contributed by atoms with Gasteiger partial charge < -0.3 is 46.9 Å². The van der Waals surface area contributed by atoms with E-state index in [1.54, 1.807) is 55.5 Å². The number of fused-ring (bicyclic) bond motifs is 5. The molecule has 1 aliphatic rings. The summed E-state index contributed by atoms with van der Waals surface area (Å²) in [6, 6.07) is 17.2. The molecule has 5 atom stereocenters. The molecule has 1 heterocycles. The molecule has 0 fully saturated rings. The number of benzene rings is 4. The van der Waals surface area contributed by atoms with Crippen LogP contribution in [0.3, 0.4) is 0 Å². The van der Waals surface area contributed by atoms with E-state index in [2.05, 4.69) is 26.0 Å². The first-order valence-corrected chi connectivity index (χ1v) is 20.4. The number of phenols is 2. The average Bonchev–Trinajstić information content (AvgIpc) is 3.25. The maximum absolute atomic E-state index is 14.5. The fourth-order valence-electron chi connectivity index (χ4n) is 7.00. The fourth-order valence-corrected chi connectivity index (χ4v) is 7.13. The van der Waals surface area contributed by atoms with Crippen molar-refractivity contribution >= 4 is 47.1 Å². The van der Waals surface area contributed by atoms with Gasteiger partial charge in [-0.25, -0.2) is 4.79 Å². The van der Waals surface area contributed by atoms with Gasteiger partial charge in [0.1, 0.15) is 35.7 Å². The topological polar surface area (TPSA) is 229 Å². The van der Waals surface area contributed by atoms with Gasteiger partial charge in [-0.2, -0.15) is 0 Å². The zero-order chi connectivity index (χ0) is 45.1. The number of phenolic OH excluding ortho intramolecular Hbond substituents is 2. The van der Waals surface area contributed by atoms with Crippen LogP contribution in [0, 0.1) is 0 Å². The van der Waals surface area contributed by atoms with Crippen LogP contribution in [0.4, 0.5) is 0 Å². The molecule has 0 aliphatic carbocycles. The van der Waals surface area contributed by atoms with Crippen molar-refractivity contribution in [3.63, 3.8) is 0 Å². The minimum Gasteiger partial charge on any atom is -0.507 e. The van der Waals surface area contributed by atoms with E-state index in [9.17, 15) is 39.0 Å². The maximum atomic E-state index is 14.5. The van der Waals surface area contributed by atoms with Gasteiger partial charge in [0.25, 0.3) is 5.91 Å². The number of nitrogens with two attached hydrogens (primary N) is 1. The van der Waals surface area contributed by atoms with Crippen molar-refractivity contribution in [2.75, 3.05) is 20.7 Å². The molecule has 15 nitrogen and oxygen atoms in total. The molecule has 0 aromatic heterocycles. The number of methoxy groups -OCH3 is 1. The van der Waals surface area contributed by atoms with Crippen LogP contribution in [0.15, 0.2) is 97.1 Å². The third-order valence-electron chi connectivity index (χ3n) is 10.5. The molecule has 5 amide bonds. The van der Waals surface area contributed by atoms with Gasteiger partial charge in [0.05, 0.1) is 7.11 Å². The number of ether oxygens (including phenoxy) is 1. The number of likely N-dealkylation sites (N-methyl/N-ethyl adjacent to an activating group) is 1. The van der Waals surface area contributed by atoms with E-state index in [1.165, 1.54) is 51.4 Å². The molecule has 1 aliphatic heterocycles. The fraction of sp³-hybridized carbons (Fsp3) is 0.304. The first kappa shape index (κ1) is 46.4. The molecule has 0 radical (unpaired) electrons. The zero-order valence-corrected chi connectivity index (χ0v) is 35.6. The molecule has 62 heavy (non-hydrogen) atoms. The Kier molecular flexibility index (Phi) is 15.8. The van der Waals surface area contributed by atoms with Crippen molar-refractivity contribution in [3.05, 3.63) is 119 Å². The van der Waals surface area contributed by atoms with Crippen LogP contribution >= 0.6 is 11.6 Å². The van der Waals surface area contributed by atoms with Crippen LogP contribution in [-0.2, 0) is 35.1 Å². The van der Waals surface area contributed by atoms with Crippen molar-refractivity contribution in [2.24, 2.45) is 5.73 Å². The lowest BCUT2D eigenvalue weighted by Crippen LogP contribution is -2.56. The van der Waals surface area contributed by atoms with Gasteiger partial charge in [0.15, 0.2) is 0 Å². The maximum Gasteiger partial charge on any atom is 0.330 e. The average molecular weight is 867 g/mol. The summed E-state index contributed by atoms with van der Waals surface area (Å²) in [7, 11) is 2.61. The molecule has 8 N–H and O–H groups in total. The molecule has 326 valence electrons. The van der Waals surface area contributed by atoms with Crippen molar-refractivity contribution in [1.82, 2.24) is 26.2 Å². The SMILES string of the molecule is COC(=O)/C=C/[C@H](C)NC(=O)[C@@H]1Cc2ccc(O)c(c2)-c2cc(ccc2O)[C@H](N(C)C(=O)[C@H](CCCCN)NC(=O)c2ccc(-c3ccc(Cl)cc3)cc2)C(=O)N[C@@H](C)C(=O)N1. The highest BCUT2D eigenvalue weighted by Crippen LogP contribution is 2.39. The number of nitrogens with zero attached hydrogens (tertiary/aromatic N) is 1. The Morgan fingerprint density at radius 1 is 0.887 bits per heavy atom. The number of rotatable bonds is 13. The Hall–Kier alpha value is -6.71. The Balaban J connectivity index is 1.48. The van der Waals surface area contributed by atoms with Gasteiger partial charge in [-0.3, -0.25) is 24.0 Å². The van der Waals surface area contributed by atoms with Crippen molar-refractivity contribution in [3.8, 4) is 33.8 Å². The number of amides is 5. The molecule has 0 spiro atoms. The summed E-state index contributed by atoms with van der Waals surface area (Å²) >= 11 is 6.04. The summed E-state index contributed by atoms with van der Waals surface area (Å²) in [5.74, 6) is -4.39. The molecule has 4 aromatic rings. The summed E-state index contributed by atoms with van der Waals surface area (Å²) in [6.07, 6.45) is 3.71. The monoisotopic (exact) mass is 866 g/mol. The number of hydrogen-bond donors (Lipinski definition) is 7. The summed E-state index contributed by atoms with van der Waals surface area (Å²) < 4.78 is 4.62. The smallest absolute Gasteiger partial charge is 0.330 e. The normalized spacial score (nSPS) is 17.4. The first-order chi connectivity index (χ1) is 29.6. The minimum absolute atomic E-state index is 0.0664. The molecular weight excluding hydrogens is 816 g/mol.